The van der Waals surface area contributed by atoms with Gasteiger partial charge in [-0.1, -0.05) is 6.32 Å². The Morgan fingerprint density at radius 3 is 2.69 bits per heavy atom. The molecule has 0 aromatic heterocycles. The lowest BCUT2D eigenvalue weighted by atomic mass is 9.64. The molecule has 0 spiro atoms. The van der Waals surface area contributed by atoms with Gasteiger partial charge in [0, 0.05) is 19.2 Å². The van der Waals surface area contributed by atoms with Crippen LogP contribution in [-0.2, 0) is 9.47 Å². The van der Waals surface area contributed by atoms with Gasteiger partial charge < -0.3 is 9.47 Å². The predicted molar refractivity (Wildman–Crippen MR) is 53.1 cm³/mol. The van der Waals surface area contributed by atoms with E-state index in [0.29, 0.717) is 12.1 Å². The first-order valence-corrected chi connectivity index (χ1v) is 5.52. The monoisotopic (exact) mass is 181 g/mol. The van der Waals surface area contributed by atoms with E-state index in [1.165, 1.54) is 32.0 Å². The summed E-state index contributed by atoms with van der Waals surface area (Å²) >= 11 is 0. The van der Waals surface area contributed by atoms with E-state index in [0.717, 1.165) is 19.6 Å². The van der Waals surface area contributed by atoms with Gasteiger partial charge in [0.25, 0.3) is 0 Å². The Bertz CT molecular complexity index is 124. The minimum Gasteiger partial charge on any atom is -0.387 e. The van der Waals surface area contributed by atoms with Gasteiger partial charge in [-0.05, 0) is 32.1 Å². The summed E-state index contributed by atoms with van der Waals surface area (Å²) in [5.74, 6) is 0. The second-order valence-corrected chi connectivity index (χ2v) is 4.01. The molecular weight excluding hydrogens is 163 g/mol. The van der Waals surface area contributed by atoms with Gasteiger partial charge in [-0.3, -0.25) is 0 Å². The van der Waals surface area contributed by atoms with Crippen LogP contribution in [0.4, 0.5) is 0 Å². The molecule has 2 aliphatic rings. The maximum Gasteiger partial charge on any atom is 0.149 e. The van der Waals surface area contributed by atoms with E-state index in [-0.39, 0.29) is 0 Å². The number of hydrogen-bond donors (Lipinski definition) is 0. The molecule has 0 aromatic carbocycles. The zero-order valence-electron chi connectivity index (χ0n) is 8.21. The number of ether oxygens (including phenoxy) is 2. The highest BCUT2D eigenvalue weighted by Crippen LogP contribution is 2.20. The van der Waals surface area contributed by atoms with Crippen LogP contribution in [0.15, 0.2) is 0 Å². The molecule has 2 atom stereocenters. The lowest BCUT2D eigenvalue weighted by molar-refractivity contribution is -0.0194. The Labute approximate surface area is 81.2 Å². The molecule has 3 heteroatoms. The molecule has 0 saturated carbocycles. The molecule has 0 bridgehead atoms. The van der Waals surface area contributed by atoms with Crippen molar-refractivity contribution in [3.8, 4) is 0 Å². The van der Waals surface area contributed by atoms with Crippen molar-refractivity contribution in [1.82, 2.24) is 0 Å². The van der Waals surface area contributed by atoms with Crippen molar-refractivity contribution in [2.45, 2.75) is 50.5 Å². The summed E-state index contributed by atoms with van der Waals surface area (Å²) in [5, 5.41) is 0. The lowest BCUT2D eigenvalue weighted by Gasteiger charge is -2.28. The molecule has 2 rings (SSSR count). The topological polar surface area (TPSA) is 18.5 Å². The standard InChI is InChI=1S/C10H18BO2/c1-2-6-12-9(4-1)8-10-11-5-3-7-13-10/h9-10H,1-8H2. The first-order valence-electron chi connectivity index (χ1n) is 5.52. The molecule has 0 amide bonds. The van der Waals surface area contributed by atoms with Crippen molar-refractivity contribution in [1.29, 1.82) is 0 Å². The molecule has 0 aromatic rings. The van der Waals surface area contributed by atoms with Crippen molar-refractivity contribution in [3.63, 3.8) is 0 Å². The highest BCUT2D eigenvalue weighted by atomic mass is 16.5. The third-order valence-corrected chi connectivity index (χ3v) is 2.88. The Balaban J connectivity index is 1.69. The zero-order valence-corrected chi connectivity index (χ0v) is 8.21. The first kappa shape index (κ1) is 9.54. The predicted octanol–water partition coefficient (Wildman–Crippen LogP) is 1.81. The van der Waals surface area contributed by atoms with E-state index < -0.39 is 0 Å². The molecule has 2 fully saturated rings. The van der Waals surface area contributed by atoms with Gasteiger partial charge in [-0.2, -0.15) is 0 Å². The smallest absolute Gasteiger partial charge is 0.149 e. The average molecular weight is 181 g/mol. The molecule has 2 unspecified atom stereocenters. The molecule has 0 aliphatic carbocycles. The summed E-state index contributed by atoms with van der Waals surface area (Å²) in [5.41, 5.74) is 0. The molecule has 1 radical (unpaired) electrons. The summed E-state index contributed by atoms with van der Waals surface area (Å²) in [7, 11) is 2.31. The van der Waals surface area contributed by atoms with E-state index >= 15 is 0 Å². The van der Waals surface area contributed by atoms with Crippen molar-refractivity contribution in [2.24, 2.45) is 0 Å². The third kappa shape index (κ3) is 2.99. The number of hydrogen-bond acceptors (Lipinski definition) is 2. The van der Waals surface area contributed by atoms with Gasteiger partial charge in [0.15, 0.2) is 0 Å². The van der Waals surface area contributed by atoms with Crippen molar-refractivity contribution in [2.75, 3.05) is 13.2 Å². The van der Waals surface area contributed by atoms with E-state index in [1.807, 2.05) is 0 Å². The minimum absolute atomic E-state index is 0.372. The molecule has 2 heterocycles. The summed E-state index contributed by atoms with van der Waals surface area (Å²) < 4.78 is 11.3. The molecule has 2 saturated heterocycles. The summed E-state index contributed by atoms with van der Waals surface area (Å²) in [4.78, 5) is 0. The van der Waals surface area contributed by atoms with Crippen LogP contribution in [-0.4, -0.2) is 32.6 Å². The summed E-state index contributed by atoms with van der Waals surface area (Å²) in [6.45, 7) is 1.89. The second kappa shape index (κ2) is 5.01. The highest BCUT2D eigenvalue weighted by Gasteiger charge is 2.22. The van der Waals surface area contributed by atoms with Crippen molar-refractivity contribution < 1.29 is 9.47 Å². The summed E-state index contributed by atoms with van der Waals surface area (Å²) in [6.07, 6.45) is 7.77. The van der Waals surface area contributed by atoms with Gasteiger partial charge in [-0.25, -0.2) is 0 Å². The van der Waals surface area contributed by atoms with E-state index in [9.17, 15) is 0 Å². The fourth-order valence-electron chi connectivity index (χ4n) is 2.11. The Morgan fingerprint density at radius 1 is 1.08 bits per heavy atom. The van der Waals surface area contributed by atoms with Gasteiger partial charge >= 0.3 is 0 Å². The van der Waals surface area contributed by atoms with Crippen molar-refractivity contribution >= 4 is 7.28 Å². The van der Waals surface area contributed by atoms with Crippen LogP contribution in [0.2, 0.25) is 6.32 Å². The van der Waals surface area contributed by atoms with Crippen LogP contribution in [0.5, 0.6) is 0 Å². The van der Waals surface area contributed by atoms with Crippen LogP contribution in [0, 0.1) is 0 Å². The SMILES string of the molecule is [B]1CCCOC1CC1CCCCO1. The maximum absolute atomic E-state index is 5.68. The fraction of sp³-hybridized carbons (Fsp3) is 1.00. The normalized spacial score (nSPS) is 35.4. The highest BCUT2D eigenvalue weighted by molar-refractivity contribution is 6.37. The number of rotatable bonds is 2. The lowest BCUT2D eigenvalue weighted by Crippen LogP contribution is -2.32. The van der Waals surface area contributed by atoms with Gasteiger partial charge in [-0.15, -0.1) is 0 Å². The van der Waals surface area contributed by atoms with Gasteiger partial charge in [0.2, 0.25) is 0 Å². The second-order valence-electron chi connectivity index (χ2n) is 4.01. The van der Waals surface area contributed by atoms with E-state index in [4.69, 9.17) is 9.47 Å². The Hall–Kier alpha value is -0.0151. The molecule has 73 valence electrons. The fourth-order valence-corrected chi connectivity index (χ4v) is 2.11. The van der Waals surface area contributed by atoms with Gasteiger partial charge in [0.05, 0.1) is 6.10 Å². The van der Waals surface area contributed by atoms with Crippen LogP contribution in [0.1, 0.15) is 32.1 Å². The molecular formula is C10H18BO2. The van der Waals surface area contributed by atoms with Crippen LogP contribution in [0.3, 0.4) is 0 Å². The zero-order chi connectivity index (χ0) is 8.93. The summed E-state index contributed by atoms with van der Waals surface area (Å²) in [6, 6.07) is 0.372. The molecule has 13 heavy (non-hydrogen) atoms. The Morgan fingerprint density at radius 2 is 2.00 bits per heavy atom. The van der Waals surface area contributed by atoms with Crippen LogP contribution < -0.4 is 0 Å². The van der Waals surface area contributed by atoms with Crippen molar-refractivity contribution in [3.05, 3.63) is 0 Å². The average Bonchev–Trinajstić information content (AvgIpc) is 2.21. The molecule has 2 nitrogen and oxygen atoms in total. The quantitative estimate of drug-likeness (QED) is 0.605. The first-order chi connectivity index (χ1) is 6.45. The third-order valence-electron chi connectivity index (χ3n) is 2.88. The maximum atomic E-state index is 5.68. The van der Waals surface area contributed by atoms with Crippen LogP contribution in [0.25, 0.3) is 0 Å². The molecule has 0 N–H and O–H groups in total. The van der Waals surface area contributed by atoms with E-state index in [2.05, 4.69) is 7.28 Å². The van der Waals surface area contributed by atoms with E-state index in [1.54, 1.807) is 0 Å². The minimum atomic E-state index is 0.372. The Kier molecular flexibility index (Phi) is 3.68. The van der Waals surface area contributed by atoms with Crippen LogP contribution >= 0.6 is 0 Å². The largest absolute Gasteiger partial charge is 0.387 e. The van der Waals surface area contributed by atoms with Gasteiger partial charge in [0.1, 0.15) is 7.28 Å². The molecule has 2 aliphatic heterocycles.